The zero-order valence-electron chi connectivity index (χ0n) is 7.63. The molecule has 0 aromatic carbocycles. The molecule has 0 amide bonds. The first-order valence-electron chi connectivity index (χ1n) is 4.23. The molecule has 1 N–H and O–H groups in total. The summed E-state index contributed by atoms with van der Waals surface area (Å²) in [4.78, 5) is 3.62. The molecule has 1 heterocycles. The van der Waals surface area contributed by atoms with E-state index < -0.39 is 0 Å². The number of nitrogens with zero attached hydrogens (tertiary/aromatic N) is 3. The van der Waals surface area contributed by atoms with Crippen molar-refractivity contribution in [3.8, 4) is 0 Å². The van der Waals surface area contributed by atoms with E-state index in [4.69, 9.17) is 10.6 Å². The molecule has 0 saturated carbocycles. The van der Waals surface area contributed by atoms with Gasteiger partial charge in [0, 0.05) is 16.3 Å². The third-order valence-electron chi connectivity index (χ3n) is 1.68. The van der Waals surface area contributed by atoms with Crippen molar-refractivity contribution in [3.63, 3.8) is 0 Å². The molecule has 5 heteroatoms. The summed E-state index contributed by atoms with van der Waals surface area (Å²) in [5.41, 5.74) is 9.07. The fourth-order valence-electron chi connectivity index (χ4n) is 1.01. The predicted octanol–water partition coefficient (Wildman–Crippen LogP) is 2.95. The summed E-state index contributed by atoms with van der Waals surface area (Å²) in [6, 6.07) is 1.96. The van der Waals surface area contributed by atoms with Gasteiger partial charge in [-0.3, -0.25) is 0 Å². The molecule has 1 rings (SSSR count). The van der Waals surface area contributed by atoms with Crippen molar-refractivity contribution in [1.29, 1.82) is 0 Å². The van der Waals surface area contributed by atoms with Crippen LogP contribution in [0.1, 0.15) is 16.9 Å². The Hall–Kier alpha value is -1.29. The lowest BCUT2D eigenvalue weighted by atomic mass is 10.2. The molecule has 0 atom stereocenters. The maximum Gasteiger partial charge on any atom is 0.0780 e. The Morgan fingerprint density at radius 1 is 1.64 bits per heavy atom. The van der Waals surface area contributed by atoms with Gasteiger partial charge in [-0.1, -0.05) is 17.3 Å². The Labute approximate surface area is 86.1 Å². The molecule has 4 nitrogen and oxygen atoms in total. The van der Waals surface area contributed by atoms with E-state index in [1.165, 1.54) is 11.3 Å². The van der Waals surface area contributed by atoms with Gasteiger partial charge >= 0.3 is 0 Å². The Morgan fingerprint density at radius 2 is 2.50 bits per heavy atom. The van der Waals surface area contributed by atoms with Gasteiger partial charge in [-0.25, -0.2) is 0 Å². The number of azide groups is 1. The SMILES string of the molecule is [N-]=[N+]=NCCC=Cc1ccsc1CO. The fourth-order valence-corrected chi connectivity index (χ4v) is 1.74. The molecule has 0 spiro atoms. The van der Waals surface area contributed by atoms with Crippen LogP contribution in [0.4, 0.5) is 0 Å². The summed E-state index contributed by atoms with van der Waals surface area (Å²) in [5, 5.41) is 14.3. The van der Waals surface area contributed by atoms with Gasteiger partial charge in [0.05, 0.1) is 6.61 Å². The molecule has 0 aliphatic rings. The molecule has 0 saturated heterocycles. The number of rotatable bonds is 5. The highest BCUT2D eigenvalue weighted by Gasteiger charge is 1.97. The van der Waals surface area contributed by atoms with Gasteiger partial charge < -0.3 is 5.11 Å². The van der Waals surface area contributed by atoms with Crippen LogP contribution in [-0.2, 0) is 6.61 Å². The molecule has 0 aliphatic carbocycles. The first kappa shape index (κ1) is 10.8. The number of aliphatic hydroxyl groups excluding tert-OH is 1. The average Bonchev–Trinajstić information content (AvgIpc) is 2.65. The van der Waals surface area contributed by atoms with Gasteiger partial charge in [-0.15, -0.1) is 11.3 Å². The fraction of sp³-hybridized carbons (Fsp3) is 0.333. The Bertz CT molecular complexity index is 353. The predicted molar refractivity (Wildman–Crippen MR) is 57.9 cm³/mol. The summed E-state index contributed by atoms with van der Waals surface area (Å²) in [5.74, 6) is 0. The van der Waals surface area contributed by atoms with Crippen LogP contribution in [0.2, 0.25) is 0 Å². The van der Waals surface area contributed by atoms with E-state index in [1.54, 1.807) is 0 Å². The Kier molecular flexibility index (Phi) is 4.78. The number of hydrogen-bond donors (Lipinski definition) is 1. The van der Waals surface area contributed by atoms with Crippen LogP contribution in [0.3, 0.4) is 0 Å². The molecule has 1 aromatic heterocycles. The molecular weight excluding hydrogens is 198 g/mol. The van der Waals surface area contributed by atoms with E-state index in [2.05, 4.69) is 10.0 Å². The molecule has 0 fully saturated rings. The minimum Gasteiger partial charge on any atom is -0.391 e. The molecule has 0 unspecified atom stereocenters. The van der Waals surface area contributed by atoms with Crippen LogP contribution in [0.5, 0.6) is 0 Å². The van der Waals surface area contributed by atoms with Crippen molar-refractivity contribution in [2.24, 2.45) is 5.11 Å². The van der Waals surface area contributed by atoms with Gasteiger partial charge in [0.2, 0.25) is 0 Å². The van der Waals surface area contributed by atoms with Crippen LogP contribution in [-0.4, -0.2) is 11.7 Å². The molecule has 0 bridgehead atoms. The minimum absolute atomic E-state index is 0.0771. The highest BCUT2D eigenvalue weighted by molar-refractivity contribution is 7.10. The van der Waals surface area contributed by atoms with Gasteiger partial charge in [-0.05, 0) is 29.0 Å². The highest BCUT2D eigenvalue weighted by Crippen LogP contribution is 2.18. The summed E-state index contributed by atoms with van der Waals surface area (Å²) in [7, 11) is 0. The summed E-state index contributed by atoms with van der Waals surface area (Å²) in [6.07, 6.45) is 4.61. The van der Waals surface area contributed by atoms with Crippen molar-refractivity contribution in [2.45, 2.75) is 13.0 Å². The van der Waals surface area contributed by atoms with Crippen LogP contribution < -0.4 is 0 Å². The van der Waals surface area contributed by atoms with Crippen LogP contribution in [0, 0.1) is 0 Å². The lowest BCUT2D eigenvalue weighted by Crippen LogP contribution is -1.79. The van der Waals surface area contributed by atoms with Crippen molar-refractivity contribution < 1.29 is 5.11 Å². The number of hydrogen-bond acceptors (Lipinski definition) is 3. The van der Waals surface area contributed by atoms with Crippen molar-refractivity contribution in [3.05, 3.63) is 38.4 Å². The standard InChI is InChI=1S/C9H11N3OS/c10-12-11-5-2-1-3-8-4-6-14-9(8)7-13/h1,3-4,6,13H,2,5,7H2. The van der Waals surface area contributed by atoms with Crippen LogP contribution in [0.15, 0.2) is 22.6 Å². The largest absolute Gasteiger partial charge is 0.391 e. The molecular formula is C9H11N3OS. The third kappa shape index (κ3) is 3.22. The third-order valence-corrected chi connectivity index (χ3v) is 2.60. The van der Waals surface area contributed by atoms with Crippen molar-refractivity contribution in [2.75, 3.05) is 6.54 Å². The summed E-state index contributed by atoms with van der Waals surface area (Å²) < 4.78 is 0. The van der Waals surface area contributed by atoms with E-state index in [-0.39, 0.29) is 6.61 Å². The van der Waals surface area contributed by atoms with E-state index in [0.717, 1.165) is 16.9 Å². The van der Waals surface area contributed by atoms with E-state index >= 15 is 0 Å². The molecule has 0 aliphatic heterocycles. The van der Waals surface area contributed by atoms with Crippen molar-refractivity contribution >= 4 is 17.4 Å². The second kappa shape index (κ2) is 6.21. The first-order valence-corrected chi connectivity index (χ1v) is 5.11. The molecule has 74 valence electrons. The maximum absolute atomic E-state index is 8.96. The zero-order valence-corrected chi connectivity index (χ0v) is 8.44. The number of aliphatic hydroxyl groups is 1. The Balaban J connectivity index is 2.46. The molecule has 14 heavy (non-hydrogen) atoms. The van der Waals surface area contributed by atoms with Gasteiger partial charge in [0.15, 0.2) is 0 Å². The van der Waals surface area contributed by atoms with E-state index in [0.29, 0.717) is 6.54 Å². The first-order chi connectivity index (χ1) is 6.88. The monoisotopic (exact) mass is 209 g/mol. The average molecular weight is 209 g/mol. The second-order valence-electron chi connectivity index (χ2n) is 2.60. The smallest absolute Gasteiger partial charge is 0.0780 e. The lowest BCUT2D eigenvalue weighted by molar-refractivity contribution is 0.285. The van der Waals surface area contributed by atoms with Crippen LogP contribution >= 0.6 is 11.3 Å². The zero-order chi connectivity index (χ0) is 10.2. The van der Waals surface area contributed by atoms with Crippen molar-refractivity contribution in [1.82, 2.24) is 0 Å². The minimum atomic E-state index is 0.0771. The second-order valence-corrected chi connectivity index (χ2v) is 3.60. The topological polar surface area (TPSA) is 69.0 Å². The van der Waals surface area contributed by atoms with E-state index in [9.17, 15) is 0 Å². The summed E-state index contributed by atoms with van der Waals surface area (Å²) >= 11 is 1.53. The summed E-state index contributed by atoms with van der Waals surface area (Å²) in [6.45, 7) is 0.555. The quantitative estimate of drug-likeness (QED) is 0.344. The lowest BCUT2D eigenvalue weighted by Gasteiger charge is -1.92. The maximum atomic E-state index is 8.96. The molecule has 0 radical (unpaired) electrons. The highest BCUT2D eigenvalue weighted by atomic mass is 32.1. The van der Waals surface area contributed by atoms with E-state index in [1.807, 2.05) is 23.6 Å². The Morgan fingerprint density at radius 3 is 3.21 bits per heavy atom. The normalized spacial score (nSPS) is 10.4. The van der Waals surface area contributed by atoms with Crippen LogP contribution in [0.25, 0.3) is 16.5 Å². The number of thiophene rings is 1. The van der Waals surface area contributed by atoms with Gasteiger partial charge in [0.25, 0.3) is 0 Å². The van der Waals surface area contributed by atoms with Gasteiger partial charge in [0.1, 0.15) is 0 Å². The van der Waals surface area contributed by atoms with Gasteiger partial charge in [-0.2, -0.15) is 0 Å². The molecule has 1 aromatic rings.